The summed E-state index contributed by atoms with van der Waals surface area (Å²) in [6.07, 6.45) is -4.28. The molecule has 4 heterocycles. The van der Waals surface area contributed by atoms with Crippen LogP contribution in [0.3, 0.4) is 0 Å². The molecule has 2 saturated heterocycles. The fourth-order valence-electron chi connectivity index (χ4n) is 5.15. The van der Waals surface area contributed by atoms with E-state index in [0.717, 1.165) is 30.6 Å². The molecule has 7 nitrogen and oxygen atoms in total. The highest BCUT2D eigenvalue weighted by Gasteiger charge is 2.39. The number of halogens is 6. The van der Waals surface area contributed by atoms with Gasteiger partial charge in [-0.2, -0.15) is 26.3 Å². The number of rotatable bonds is 4. The van der Waals surface area contributed by atoms with E-state index in [1.807, 2.05) is 6.07 Å². The number of anilines is 2. The minimum atomic E-state index is -4.96. The molecule has 198 valence electrons. The maximum Gasteiger partial charge on any atom is 0.416 e. The minimum absolute atomic E-state index is 0.0748. The van der Waals surface area contributed by atoms with Gasteiger partial charge in [0.25, 0.3) is 0 Å². The number of hydrogen-bond donors (Lipinski definition) is 2. The lowest BCUT2D eigenvalue weighted by atomic mass is 9.97. The first kappa shape index (κ1) is 25.2. The van der Waals surface area contributed by atoms with Crippen LogP contribution in [0, 0.1) is 0 Å². The van der Waals surface area contributed by atoms with E-state index in [4.69, 9.17) is 0 Å². The number of nitrogens with zero attached hydrogens (tertiary/aromatic N) is 4. The molecule has 0 aliphatic carbocycles. The molecule has 0 spiro atoms. The Labute approximate surface area is 207 Å². The van der Waals surface area contributed by atoms with Gasteiger partial charge in [0.1, 0.15) is 23.8 Å². The molecule has 5 rings (SSSR count). The van der Waals surface area contributed by atoms with Gasteiger partial charge in [-0.05, 0) is 49.9 Å². The Morgan fingerprint density at radius 3 is 2.35 bits per heavy atom. The second-order valence-electron chi connectivity index (χ2n) is 9.34. The zero-order valence-electron chi connectivity index (χ0n) is 19.5. The van der Waals surface area contributed by atoms with Crippen LogP contribution in [0.5, 0.6) is 0 Å². The van der Waals surface area contributed by atoms with Crippen molar-refractivity contribution in [3.63, 3.8) is 0 Å². The zero-order chi connectivity index (χ0) is 26.4. The Balaban J connectivity index is 1.35. The van der Waals surface area contributed by atoms with Crippen molar-refractivity contribution in [3.8, 4) is 0 Å². The molecule has 2 aliphatic heterocycles. The summed E-state index contributed by atoms with van der Waals surface area (Å²) in [7, 11) is 0. The topological polar surface area (TPSA) is 77.2 Å². The summed E-state index contributed by atoms with van der Waals surface area (Å²) in [5, 5.41) is 3.52. The standard InChI is InChI=1S/C24H24F6N6O/c25-23(26,27)14-9-15(24(28,29)30)11-16(10-14)34-19-4-2-8-36(22(19)37)17-3-1-7-35(12-17)21-18-5-6-31-20(18)32-13-33-21/h5-6,9-11,13,17,19,34H,1-4,7-8,12H2,(H,31,32,33). The monoisotopic (exact) mass is 526 g/mol. The van der Waals surface area contributed by atoms with Crippen molar-refractivity contribution in [2.75, 3.05) is 29.9 Å². The van der Waals surface area contributed by atoms with Crippen LogP contribution in [0.1, 0.15) is 36.8 Å². The summed E-state index contributed by atoms with van der Waals surface area (Å²) in [5.41, 5.74) is -2.53. The Hall–Kier alpha value is -3.51. The van der Waals surface area contributed by atoms with E-state index in [1.165, 1.54) is 6.33 Å². The highest BCUT2D eigenvalue weighted by atomic mass is 19.4. The van der Waals surface area contributed by atoms with Crippen LogP contribution in [-0.4, -0.2) is 57.5 Å². The number of nitrogens with one attached hydrogen (secondary N) is 2. The van der Waals surface area contributed by atoms with Gasteiger partial charge in [-0.25, -0.2) is 9.97 Å². The van der Waals surface area contributed by atoms with Crippen molar-refractivity contribution >= 4 is 28.4 Å². The van der Waals surface area contributed by atoms with Gasteiger partial charge in [0, 0.05) is 37.6 Å². The molecule has 0 saturated carbocycles. The van der Waals surface area contributed by atoms with Crippen molar-refractivity contribution in [1.82, 2.24) is 19.9 Å². The molecule has 2 N–H and O–H groups in total. The fraction of sp³-hybridized carbons (Fsp3) is 0.458. The SMILES string of the molecule is O=C1C(Nc2cc(C(F)(F)F)cc(C(F)(F)F)c2)CCCN1C1CCCN(c2ncnc3[nH]ccc23)C1. The van der Waals surface area contributed by atoms with Gasteiger partial charge < -0.3 is 20.1 Å². The van der Waals surface area contributed by atoms with Gasteiger partial charge in [-0.1, -0.05) is 0 Å². The molecule has 2 unspecified atom stereocenters. The number of likely N-dealkylation sites (tertiary alicyclic amines) is 1. The van der Waals surface area contributed by atoms with Gasteiger partial charge in [-0.3, -0.25) is 4.79 Å². The lowest BCUT2D eigenvalue weighted by Gasteiger charge is -2.43. The second kappa shape index (κ2) is 9.42. The van der Waals surface area contributed by atoms with Crippen LogP contribution in [0.15, 0.2) is 36.8 Å². The molecule has 3 aromatic rings. The number of amides is 1. The van der Waals surface area contributed by atoms with E-state index in [2.05, 4.69) is 25.2 Å². The quantitative estimate of drug-likeness (QED) is 0.465. The van der Waals surface area contributed by atoms with Crippen molar-refractivity contribution in [3.05, 3.63) is 47.9 Å². The molecular formula is C24H24F6N6O. The summed E-state index contributed by atoms with van der Waals surface area (Å²) in [6.45, 7) is 1.72. The number of alkyl halides is 6. The number of aromatic amines is 1. The van der Waals surface area contributed by atoms with Crippen LogP contribution in [0.2, 0.25) is 0 Å². The number of carbonyl (C=O) groups is 1. The number of fused-ring (bicyclic) bond motifs is 1. The molecular weight excluding hydrogens is 502 g/mol. The van der Waals surface area contributed by atoms with E-state index in [0.29, 0.717) is 43.7 Å². The van der Waals surface area contributed by atoms with Gasteiger partial charge in [-0.15, -0.1) is 0 Å². The lowest BCUT2D eigenvalue weighted by molar-refractivity contribution is -0.143. The number of carbonyl (C=O) groups excluding carboxylic acids is 1. The third kappa shape index (κ3) is 5.16. The largest absolute Gasteiger partial charge is 0.416 e. The van der Waals surface area contributed by atoms with E-state index in [1.54, 1.807) is 11.1 Å². The molecule has 37 heavy (non-hydrogen) atoms. The molecule has 0 bridgehead atoms. The summed E-state index contributed by atoms with van der Waals surface area (Å²) in [6, 6.07) is 2.09. The Kier molecular flexibility index (Phi) is 6.40. The third-order valence-corrected chi connectivity index (χ3v) is 6.87. The van der Waals surface area contributed by atoms with Crippen molar-refractivity contribution in [2.24, 2.45) is 0 Å². The summed E-state index contributed by atoms with van der Waals surface area (Å²) in [4.78, 5) is 28.8. The molecule has 2 aromatic heterocycles. The number of hydrogen-bond acceptors (Lipinski definition) is 5. The zero-order valence-corrected chi connectivity index (χ0v) is 19.5. The lowest BCUT2D eigenvalue weighted by Crippen LogP contribution is -2.56. The Morgan fingerprint density at radius 1 is 0.946 bits per heavy atom. The van der Waals surface area contributed by atoms with Crippen molar-refractivity contribution in [1.29, 1.82) is 0 Å². The average Bonchev–Trinajstić information content (AvgIpc) is 3.33. The molecule has 13 heteroatoms. The normalized spacial score (nSPS) is 21.5. The molecule has 2 atom stereocenters. The van der Waals surface area contributed by atoms with E-state index in [-0.39, 0.29) is 23.7 Å². The average molecular weight is 526 g/mol. The van der Waals surface area contributed by atoms with Crippen molar-refractivity contribution < 1.29 is 31.1 Å². The fourth-order valence-corrected chi connectivity index (χ4v) is 5.15. The summed E-state index contributed by atoms with van der Waals surface area (Å²) < 4.78 is 79.6. The maximum atomic E-state index is 13.4. The molecule has 2 aliphatic rings. The van der Waals surface area contributed by atoms with E-state index in [9.17, 15) is 31.1 Å². The second-order valence-corrected chi connectivity index (χ2v) is 9.34. The van der Waals surface area contributed by atoms with Crippen molar-refractivity contribution in [2.45, 2.75) is 50.1 Å². The van der Waals surface area contributed by atoms with Gasteiger partial charge in [0.15, 0.2) is 0 Å². The van der Waals surface area contributed by atoms with Gasteiger partial charge >= 0.3 is 12.4 Å². The first-order valence-corrected chi connectivity index (χ1v) is 11.9. The molecule has 2 fully saturated rings. The number of H-pyrrole nitrogens is 1. The summed E-state index contributed by atoms with van der Waals surface area (Å²) >= 11 is 0. The van der Waals surface area contributed by atoms with E-state index < -0.39 is 29.5 Å². The van der Waals surface area contributed by atoms with Crippen LogP contribution in [0.25, 0.3) is 11.0 Å². The van der Waals surface area contributed by atoms with Crippen LogP contribution in [0.4, 0.5) is 37.8 Å². The molecule has 1 aromatic carbocycles. The number of piperidine rings is 2. The molecule has 0 radical (unpaired) electrons. The minimum Gasteiger partial charge on any atom is -0.374 e. The Bertz CT molecular complexity index is 1260. The molecule has 1 amide bonds. The Morgan fingerprint density at radius 2 is 1.65 bits per heavy atom. The number of benzene rings is 1. The van der Waals surface area contributed by atoms with Crippen LogP contribution >= 0.6 is 0 Å². The number of aromatic nitrogens is 3. The smallest absolute Gasteiger partial charge is 0.374 e. The maximum absolute atomic E-state index is 13.4. The highest BCUT2D eigenvalue weighted by Crippen LogP contribution is 2.38. The highest BCUT2D eigenvalue weighted by molar-refractivity contribution is 5.88. The van der Waals surface area contributed by atoms with Gasteiger partial charge in [0.05, 0.1) is 16.5 Å². The third-order valence-electron chi connectivity index (χ3n) is 6.87. The predicted octanol–water partition coefficient (Wildman–Crippen LogP) is 5.07. The van der Waals surface area contributed by atoms with Crippen LogP contribution in [-0.2, 0) is 17.1 Å². The summed E-state index contributed by atoms with van der Waals surface area (Å²) in [5.74, 6) is 0.414. The van der Waals surface area contributed by atoms with Crippen LogP contribution < -0.4 is 10.2 Å². The predicted molar refractivity (Wildman–Crippen MR) is 124 cm³/mol. The van der Waals surface area contributed by atoms with E-state index >= 15 is 0 Å². The first-order chi connectivity index (χ1) is 17.5. The first-order valence-electron chi connectivity index (χ1n) is 11.9. The van der Waals surface area contributed by atoms with Gasteiger partial charge in [0.2, 0.25) is 5.91 Å².